The Morgan fingerprint density at radius 2 is 1.94 bits per heavy atom. The first-order valence-corrected chi connectivity index (χ1v) is 6.67. The summed E-state index contributed by atoms with van der Waals surface area (Å²) < 4.78 is 5.87. The lowest BCUT2D eigenvalue weighted by Gasteiger charge is -2.33. The van der Waals surface area contributed by atoms with E-state index in [0.29, 0.717) is 5.92 Å². The molecular formula is C14H27NO. The highest BCUT2D eigenvalue weighted by Crippen LogP contribution is 2.29. The predicted molar refractivity (Wildman–Crippen MR) is 69.4 cm³/mol. The van der Waals surface area contributed by atoms with Crippen LogP contribution in [0, 0.1) is 5.92 Å². The molecule has 1 rings (SSSR count). The third kappa shape index (κ3) is 4.26. The van der Waals surface area contributed by atoms with E-state index in [0.717, 1.165) is 6.61 Å². The molecule has 0 aromatic carbocycles. The van der Waals surface area contributed by atoms with Gasteiger partial charge in [0.05, 0.1) is 6.10 Å². The quantitative estimate of drug-likeness (QED) is 0.729. The van der Waals surface area contributed by atoms with Crippen molar-refractivity contribution in [3.8, 4) is 0 Å². The van der Waals surface area contributed by atoms with Crippen molar-refractivity contribution in [3.05, 3.63) is 11.6 Å². The zero-order valence-corrected chi connectivity index (χ0v) is 11.0. The molecule has 2 atom stereocenters. The highest BCUT2D eigenvalue weighted by molar-refractivity contribution is 5.04. The molecule has 0 radical (unpaired) electrons. The summed E-state index contributed by atoms with van der Waals surface area (Å²) >= 11 is 0. The van der Waals surface area contributed by atoms with Crippen LogP contribution in [0.15, 0.2) is 11.6 Å². The molecule has 2 unspecified atom stereocenters. The van der Waals surface area contributed by atoms with Gasteiger partial charge in [-0.25, -0.2) is 0 Å². The Balaban J connectivity index is 2.60. The molecule has 16 heavy (non-hydrogen) atoms. The third-order valence-electron chi connectivity index (χ3n) is 3.38. The number of ether oxygens (including phenoxy) is 1. The molecule has 2 N–H and O–H groups in total. The van der Waals surface area contributed by atoms with E-state index >= 15 is 0 Å². The summed E-state index contributed by atoms with van der Waals surface area (Å²) in [5.41, 5.74) is 7.52. The highest BCUT2D eigenvalue weighted by atomic mass is 16.5. The fourth-order valence-electron chi connectivity index (χ4n) is 2.70. The summed E-state index contributed by atoms with van der Waals surface area (Å²) in [5.74, 6) is 0.666. The molecule has 2 nitrogen and oxygen atoms in total. The predicted octanol–water partition coefficient (Wildman–Crippen LogP) is 3.27. The highest BCUT2D eigenvalue weighted by Gasteiger charge is 2.27. The number of rotatable bonds is 5. The van der Waals surface area contributed by atoms with Gasteiger partial charge in [0.2, 0.25) is 0 Å². The van der Waals surface area contributed by atoms with Crippen molar-refractivity contribution >= 4 is 0 Å². The summed E-state index contributed by atoms with van der Waals surface area (Å²) in [5, 5.41) is 0. The van der Waals surface area contributed by atoms with Crippen molar-refractivity contribution in [2.75, 3.05) is 6.61 Å². The summed E-state index contributed by atoms with van der Waals surface area (Å²) in [6.07, 6.45) is 9.01. The Morgan fingerprint density at radius 3 is 2.44 bits per heavy atom. The Kier molecular flexibility index (Phi) is 6.07. The topological polar surface area (TPSA) is 35.2 Å². The largest absolute Gasteiger partial charge is 0.376 e. The minimum absolute atomic E-state index is 0.0630. The molecule has 0 heterocycles. The number of hydrogen-bond donors (Lipinski definition) is 1. The summed E-state index contributed by atoms with van der Waals surface area (Å²) in [6, 6.07) is 0.0630. The zero-order chi connectivity index (χ0) is 12.0. The van der Waals surface area contributed by atoms with Crippen LogP contribution in [0.1, 0.15) is 52.9 Å². The molecule has 2 heteroatoms. The fraction of sp³-hybridized carbons (Fsp3) is 0.857. The second-order valence-electron chi connectivity index (χ2n) is 5.14. The van der Waals surface area contributed by atoms with E-state index in [-0.39, 0.29) is 12.1 Å². The number of nitrogens with two attached hydrogens (primary N) is 1. The maximum absolute atomic E-state index is 6.23. The van der Waals surface area contributed by atoms with Crippen LogP contribution in [0.25, 0.3) is 0 Å². The third-order valence-corrected chi connectivity index (χ3v) is 3.38. The van der Waals surface area contributed by atoms with Gasteiger partial charge < -0.3 is 10.5 Å². The average Bonchev–Trinajstić information content (AvgIpc) is 2.26. The first kappa shape index (κ1) is 13.7. The van der Waals surface area contributed by atoms with E-state index in [1.165, 1.54) is 37.7 Å². The van der Waals surface area contributed by atoms with Crippen LogP contribution in [0.4, 0.5) is 0 Å². The van der Waals surface area contributed by atoms with Crippen molar-refractivity contribution in [2.24, 2.45) is 11.7 Å². The molecule has 0 amide bonds. The molecule has 0 aliphatic heterocycles. The molecule has 0 bridgehead atoms. The number of allylic oxidation sites excluding steroid dienone is 1. The van der Waals surface area contributed by atoms with E-state index in [9.17, 15) is 0 Å². The Hall–Kier alpha value is -0.340. The monoisotopic (exact) mass is 225 g/mol. The minimum Gasteiger partial charge on any atom is -0.376 e. The van der Waals surface area contributed by atoms with Crippen LogP contribution >= 0.6 is 0 Å². The molecule has 0 saturated heterocycles. The van der Waals surface area contributed by atoms with Crippen molar-refractivity contribution in [1.82, 2.24) is 0 Å². The van der Waals surface area contributed by atoms with E-state index in [2.05, 4.69) is 26.8 Å². The molecule has 94 valence electrons. The van der Waals surface area contributed by atoms with Gasteiger partial charge in [-0.15, -0.1) is 0 Å². The van der Waals surface area contributed by atoms with Gasteiger partial charge in [-0.3, -0.25) is 0 Å². The first-order valence-electron chi connectivity index (χ1n) is 6.67. The molecule has 0 aromatic rings. The second-order valence-corrected chi connectivity index (χ2v) is 5.14. The Morgan fingerprint density at radius 1 is 1.31 bits per heavy atom. The smallest absolute Gasteiger partial charge is 0.0789 e. The lowest BCUT2D eigenvalue weighted by atomic mass is 9.82. The zero-order valence-electron chi connectivity index (χ0n) is 11.0. The maximum atomic E-state index is 6.23. The van der Waals surface area contributed by atoms with Gasteiger partial charge in [-0.1, -0.05) is 30.9 Å². The maximum Gasteiger partial charge on any atom is 0.0789 e. The molecule has 0 aromatic heterocycles. The summed E-state index contributed by atoms with van der Waals surface area (Å²) in [6.45, 7) is 7.03. The molecule has 1 saturated carbocycles. The van der Waals surface area contributed by atoms with Gasteiger partial charge >= 0.3 is 0 Å². The van der Waals surface area contributed by atoms with Crippen LogP contribution in [0.3, 0.4) is 0 Å². The van der Waals surface area contributed by atoms with Crippen molar-refractivity contribution in [3.63, 3.8) is 0 Å². The van der Waals surface area contributed by atoms with Gasteiger partial charge in [-0.05, 0) is 39.5 Å². The van der Waals surface area contributed by atoms with E-state index in [1.54, 1.807) is 0 Å². The lowest BCUT2D eigenvalue weighted by Crippen LogP contribution is -2.41. The van der Waals surface area contributed by atoms with Crippen molar-refractivity contribution in [1.29, 1.82) is 0 Å². The average molecular weight is 225 g/mol. The molecule has 1 aliphatic rings. The van der Waals surface area contributed by atoms with Crippen molar-refractivity contribution in [2.45, 2.75) is 65.0 Å². The van der Waals surface area contributed by atoms with Crippen LogP contribution in [0.2, 0.25) is 0 Å². The first-order chi connectivity index (χ1) is 7.65. The Labute approximate surface area is 100 Å². The molecular weight excluding hydrogens is 198 g/mol. The van der Waals surface area contributed by atoms with E-state index < -0.39 is 0 Å². The summed E-state index contributed by atoms with van der Waals surface area (Å²) in [4.78, 5) is 0. The van der Waals surface area contributed by atoms with Gasteiger partial charge in [0, 0.05) is 12.6 Å². The Bertz CT molecular complexity index is 215. The van der Waals surface area contributed by atoms with Crippen LogP contribution in [-0.4, -0.2) is 18.8 Å². The SMILES string of the molecule is CCOC(C(N)C=C(C)C)C1CCCCC1. The van der Waals surface area contributed by atoms with E-state index in [4.69, 9.17) is 10.5 Å². The summed E-state index contributed by atoms with van der Waals surface area (Å²) in [7, 11) is 0. The normalized spacial score (nSPS) is 21.5. The lowest BCUT2D eigenvalue weighted by molar-refractivity contribution is -0.000342. The van der Waals surface area contributed by atoms with Crippen LogP contribution < -0.4 is 5.73 Å². The molecule has 1 fully saturated rings. The van der Waals surface area contributed by atoms with Gasteiger partial charge in [-0.2, -0.15) is 0 Å². The van der Waals surface area contributed by atoms with Crippen LogP contribution in [0.5, 0.6) is 0 Å². The minimum atomic E-state index is 0.0630. The van der Waals surface area contributed by atoms with Crippen LogP contribution in [-0.2, 0) is 4.74 Å². The number of hydrogen-bond acceptors (Lipinski definition) is 2. The second kappa shape index (κ2) is 7.08. The van der Waals surface area contributed by atoms with E-state index in [1.807, 2.05) is 0 Å². The fourth-order valence-corrected chi connectivity index (χ4v) is 2.70. The van der Waals surface area contributed by atoms with Gasteiger partial charge in [0.15, 0.2) is 0 Å². The van der Waals surface area contributed by atoms with Gasteiger partial charge in [0.25, 0.3) is 0 Å². The van der Waals surface area contributed by atoms with Crippen molar-refractivity contribution < 1.29 is 4.74 Å². The van der Waals surface area contributed by atoms with Gasteiger partial charge in [0.1, 0.15) is 0 Å². The standard InChI is InChI=1S/C14H27NO/c1-4-16-14(13(15)10-11(2)3)12-8-6-5-7-9-12/h10,12-14H,4-9,15H2,1-3H3. The molecule has 0 spiro atoms. The molecule has 1 aliphatic carbocycles.